The molecule has 3 aromatic heterocycles. The molecule has 5 heterocycles. The van der Waals surface area contributed by atoms with Gasteiger partial charge in [0.25, 0.3) is 0 Å². The first-order chi connectivity index (χ1) is 17.7. The van der Waals surface area contributed by atoms with Crippen LogP contribution in [0.1, 0.15) is 31.2 Å². The van der Waals surface area contributed by atoms with Crippen molar-refractivity contribution in [2.24, 2.45) is 13.0 Å². The lowest BCUT2D eigenvalue weighted by molar-refractivity contribution is 0.274. The second-order valence-corrected chi connectivity index (χ2v) is 10.5. The number of pyridine rings is 1. The molecule has 2 aliphatic heterocycles. The molecule has 2 aliphatic rings. The summed E-state index contributed by atoms with van der Waals surface area (Å²) in [5, 5.41) is 19.8. The molecule has 5 aromatic rings. The first-order valence-corrected chi connectivity index (χ1v) is 12.8. The van der Waals surface area contributed by atoms with Crippen LogP contribution < -0.4 is 5.32 Å². The van der Waals surface area contributed by atoms with Crippen LogP contribution in [0.4, 0.5) is 0 Å². The highest BCUT2D eigenvalue weighted by atomic mass is 15.2. The summed E-state index contributed by atoms with van der Waals surface area (Å²) in [6.07, 6.45) is 11.3. The Morgan fingerprint density at radius 3 is 2.53 bits per heavy atom. The van der Waals surface area contributed by atoms with Gasteiger partial charge >= 0.3 is 0 Å². The number of aryl methyl sites for hydroxylation is 1. The molecule has 1 unspecified atom stereocenters. The topological polar surface area (TPSA) is 71.5 Å². The predicted molar refractivity (Wildman–Crippen MR) is 142 cm³/mol. The van der Waals surface area contributed by atoms with E-state index in [0.29, 0.717) is 23.6 Å². The smallest absolute Gasteiger partial charge is 0.0991 e. The van der Waals surface area contributed by atoms with Crippen molar-refractivity contribution < 1.29 is 0 Å². The van der Waals surface area contributed by atoms with Crippen molar-refractivity contribution >= 4 is 21.8 Å². The Labute approximate surface area is 210 Å². The number of hydrogen-bond acceptors (Lipinski definition) is 4. The molecule has 2 fully saturated rings. The fourth-order valence-electron chi connectivity index (χ4n) is 6.45. The van der Waals surface area contributed by atoms with Gasteiger partial charge in [-0.25, -0.2) is 0 Å². The van der Waals surface area contributed by atoms with Gasteiger partial charge in [-0.3, -0.25) is 9.67 Å². The van der Waals surface area contributed by atoms with Crippen molar-refractivity contribution in [2.75, 3.05) is 0 Å². The maximum atomic E-state index is 9.33. The van der Waals surface area contributed by atoms with E-state index in [9.17, 15) is 5.26 Å². The van der Waals surface area contributed by atoms with Crippen LogP contribution in [0.3, 0.4) is 0 Å². The van der Waals surface area contributed by atoms with Gasteiger partial charge in [-0.2, -0.15) is 10.4 Å². The lowest BCUT2D eigenvalue weighted by atomic mass is 9.92. The molecule has 1 N–H and O–H groups in total. The number of rotatable bonds is 4. The molecule has 178 valence electrons. The Balaban J connectivity index is 1.36. The van der Waals surface area contributed by atoms with Crippen LogP contribution in [-0.2, 0) is 13.6 Å². The second-order valence-electron chi connectivity index (χ2n) is 10.5. The summed E-state index contributed by atoms with van der Waals surface area (Å²) in [7, 11) is 1.96. The van der Waals surface area contributed by atoms with Crippen molar-refractivity contribution in [2.45, 2.75) is 44.3 Å². The van der Waals surface area contributed by atoms with Crippen LogP contribution in [0.15, 0.2) is 67.1 Å². The molecule has 6 nitrogen and oxygen atoms in total. The van der Waals surface area contributed by atoms with E-state index in [1.54, 1.807) is 0 Å². The van der Waals surface area contributed by atoms with Gasteiger partial charge in [0, 0.05) is 53.8 Å². The third-order valence-electron chi connectivity index (χ3n) is 8.18. The highest BCUT2D eigenvalue weighted by Crippen LogP contribution is 2.39. The molecule has 7 rings (SSSR count). The summed E-state index contributed by atoms with van der Waals surface area (Å²) in [5.41, 5.74) is 7.15. The molecule has 2 aromatic carbocycles. The van der Waals surface area contributed by atoms with Crippen molar-refractivity contribution in [3.63, 3.8) is 0 Å². The molecular formula is C30H28N6. The maximum absolute atomic E-state index is 9.33. The molecule has 3 atom stereocenters. The van der Waals surface area contributed by atoms with Crippen LogP contribution in [0.25, 0.3) is 44.2 Å². The monoisotopic (exact) mass is 472 g/mol. The lowest BCUT2D eigenvalue weighted by Gasteiger charge is -2.29. The van der Waals surface area contributed by atoms with Gasteiger partial charge in [-0.15, -0.1) is 0 Å². The number of aromatic nitrogens is 4. The average molecular weight is 473 g/mol. The summed E-state index contributed by atoms with van der Waals surface area (Å²) in [6.45, 7) is 1.04. The Morgan fingerprint density at radius 1 is 0.972 bits per heavy atom. The molecule has 0 spiro atoms. The number of nitrogens with one attached hydrogen (secondary N) is 1. The summed E-state index contributed by atoms with van der Waals surface area (Å²) in [6, 6.07) is 20.2. The van der Waals surface area contributed by atoms with Crippen molar-refractivity contribution in [3.05, 3.63) is 72.7 Å². The molecule has 0 saturated carbocycles. The molecular weight excluding hydrogens is 444 g/mol. The quantitative estimate of drug-likeness (QED) is 0.366. The molecule has 0 radical (unpaired) electrons. The number of benzene rings is 2. The largest absolute Gasteiger partial charge is 0.346 e. The number of nitriles is 1. The number of fused-ring (bicyclic) bond motifs is 4. The lowest BCUT2D eigenvalue weighted by Crippen LogP contribution is -2.39. The number of hydrogen-bond donors (Lipinski definition) is 1. The Hall–Kier alpha value is -3.95. The maximum Gasteiger partial charge on any atom is 0.0991 e. The van der Waals surface area contributed by atoms with Crippen molar-refractivity contribution in [1.29, 1.82) is 5.26 Å². The fraction of sp³-hybridized carbons (Fsp3) is 0.300. The van der Waals surface area contributed by atoms with E-state index in [2.05, 4.69) is 51.5 Å². The van der Waals surface area contributed by atoms with Crippen LogP contribution in [-0.4, -0.2) is 31.4 Å². The minimum Gasteiger partial charge on any atom is -0.346 e. The minimum atomic E-state index is 0.662. The molecule has 36 heavy (non-hydrogen) atoms. The van der Waals surface area contributed by atoms with Crippen LogP contribution >= 0.6 is 0 Å². The number of nitrogens with zero attached hydrogens (tertiary/aromatic N) is 5. The van der Waals surface area contributed by atoms with Gasteiger partial charge in [0.1, 0.15) is 0 Å². The zero-order valence-corrected chi connectivity index (χ0v) is 20.4. The fourth-order valence-corrected chi connectivity index (χ4v) is 6.45. The van der Waals surface area contributed by atoms with Gasteiger partial charge in [0.15, 0.2) is 0 Å². The Bertz CT molecular complexity index is 1620. The summed E-state index contributed by atoms with van der Waals surface area (Å²) in [5.74, 6) is 0.699. The van der Waals surface area contributed by atoms with Gasteiger partial charge in [0.2, 0.25) is 0 Å². The zero-order valence-electron chi connectivity index (χ0n) is 20.4. The summed E-state index contributed by atoms with van der Waals surface area (Å²) in [4.78, 5) is 5.05. The number of piperidine rings is 1. The van der Waals surface area contributed by atoms with E-state index in [0.717, 1.165) is 39.8 Å². The van der Waals surface area contributed by atoms with Crippen molar-refractivity contribution in [3.8, 4) is 28.5 Å². The first-order valence-electron chi connectivity index (χ1n) is 12.8. The Morgan fingerprint density at radius 2 is 1.75 bits per heavy atom. The van der Waals surface area contributed by atoms with E-state index in [1.165, 1.54) is 36.6 Å². The van der Waals surface area contributed by atoms with E-state index >= 15 is 0 Å². The van der Waals surface area contributed by atoms with Gasteiger partial charge in [-0.05, 0) is 67.5 Å². The molecule has 2 bridgehead atoms. The second kappa shape index (κ2) is 8.32. The van der Waals surface area contributed by atoms with Gasteiger partial charge in [0.05, 0.1) is 40.8 Å². The summed E-state index contributed by atoms with van der Waals surface area (Å²) < 4.78 is 4.29. The van der Waals surface area contributed by atoms with Gasteiger partial charge in [-0.1, -0.05) is 18.2 Å². The molecule has 2 saturated heterocycles. The zero-order chi connectivity index (χ0) is 24.2. The van der Waals surface area contributed by atoms with Crippen molar-refractivity contribution in [1.82, 2.24) is 24.6 Å². The van der Waals surface area contributed by atoms with Crippen LogP contribution in [0, 0.1) is 17.2 Å². The average Bonchev–Trinajstić information content (AvgIpc) is 3.60. The highest BCUT2D eigenvalue weighted by molar-refractivity contribution is 6.02. The first kappa shape index (κ1) is 21.3. The standard InChI is InChI=1S/C30H28N6/c1-35-27-9-6-22(14-23(27)16-33-35)30-29(21-4-2-19(15-31)3-5-21)26-10-11-36(28(26)17-32-30)18-20-12-24-7-8-25(13-20)34-24/h2-6,9-11,14,16-17,20,24-25,34H,7-8,12-13,18H2,1H3/t20?,24-,25+. The van der Waals surface area contributed by atoms with E-state index in [1.807, 2.05) is 48.4 Å². The molecule has 6 heteroatoms. The van der Waals surface area contributed by atoms with E-state index in [-0.39, 0.29) is 0 Å². The van der Waals surface area contributed by atoms with Crippen LogP contribution in [0.5, 0.6) is 0 Å². The third kappa shape index (κ3) is 3.51. The minimum absolute atomic E-state index is 0.662. The predicted octanol–water partition coefficient (Wildman–Crippen LogP) is 5.66. The normalized spacial score (nSPS) is 21.3. The molecule has 0 aliphatic carbocycles. The highest BCUT2D eigenvalue weighted by Gasteiger charge is 2.33. The summed E-state index contributed by atoms with van der Waals surface area (Å²) >= 11 is 0. The van der Waals surface area contributed by atoms with Gasteiger partial charge < -0.3 is 9.88 Å². The van der Waals surface area contributed by atoms with E-state index in [4.69, 9.17) is 4.98 Å². The van der Waals surface area contributed by atoms with E-state index < -0.39 is 0 Å². The molecule has 0 amide bonds. The third-order valence-corrected chi connectivity index (χ3v) is 8.18. The van der Waals surface area contributed by atoms with Crippen LogP contribution in [0.2, 0.25) is 0 Å². The Kier molecular flexibility index (Phi) is 4.93. The SMILES string of the molecule is Cn1ncc2cc(-c3ncc4c(ccn4CC4C[C@H]5CC[C@@H](C4)N5)c3-c3ccc(C#N)cc3)ccc21.